The molecule has 0 radical (unpaired) electrons. The van der Waals surface area contributed by atoms with Crippen LogP contribution in [-0.4, -0.2) is 40.0 Å². The molecule has 1 aromatic heterocycles. The van der Waals surface area contributed by atoms with Crippen molar-refractivity contribution in [1.29, 1.82) is 0 Å². The minimum absolute atomic E-state index is 0.0276. The molecule has 1 N–H and O–H groups in total. The SMILES string of the molecule is O=C(Nc1nnc(C(F)(F)F)s1)[C@H]1CC(=O)N(CCc2ccc(F)cc2)C1. The molecular formula is C16H14F4N4O2S. The van der Waals surface area contributed by atoms with Crippen LogP contribution in [0.3, 0.4) is 0 Å². The van der Waals surface area contributed by atoms with Crippen LogP contribution in [0.4, 0.5) is 22.7 Å². The molecule has 1 aromatic carbocycles. The fourth-order valence-electron chi connectivity index (χ4n) is 2.67. The van der Waals surface area contributed by atoms with Gasteiger partial charge in [0, 0.05) is 19.5 Å². The van der Waals surface area contributed by atoms with Crippen LogP contribution < -0.4 is 5.32 Å². The molecule has 11 heteroatoms. The first kappa shape index (κ1) is 19.2. The second kappa shape index (κ2) is 7.59. The number of hydrogen-bond acceptors (Lipinski definition) is 5. The summed E-state index contributed by atoms with van der Waals surface area (Å²) < 4.78 is 50.4. The zero-order valence-corrected chi connectivity index (χ0v) is 14.6. The number of benzene rings is 1. The van der Waals surface area contributed by atoms with Crippen molar-refractivity contribution in [1.82, 2.24) is 15.1 Å². The number of hydrogen-bond donors (Lipinski definition) is 1. The summed E-state index contributed by atoms with van der Waals surface area (Å²) in [6.45, 7) is 0.530. The zero-order chi connectivity index (χ0) is 19.6. The van der Waals surface area contributed by atoms with Crippen LogP contribution in [0, 0.1) is 11.7 Å². The Labute approximate surface area is 155 Å². The van der Waals surface area contributed by atoms with Gasteiger partial charge >= 0.3 is 6.18 Å². The van der Waals surface area contributed by atoms with Crippen molar-refractivity contribution >= 4 is 28.3 Å². The smallest absolute Gasteiger partial charge is 0.342 e. The second-order valence-electron chi connectivity index (χ2n) is 6.02. The molecule has 2 amide bonds. The van der Waals surface area contributed by atoms with E-state index in [0.29, 0.717) is 13.0 Å². The van der Waals surface area contributed by atoms with Gasteiger partial charge in [0.25, 0.3) is 0 Å². The maximum Gasteiger partial charge on any atom is 0.445 e. The molecular weight excluding hydrogens is 388 g/mol. The molecule has 1 fully saturated rings. The lowest BCUT2D eigenvalue weighted by molar-refractivity contribution is -0.138. The predicted octanol–water partition coefficient (Wildman–Crippen LogP) is 2.73. The van der Waals surface area contributed by atoms with Gasteiger partial charge in [-0.15, -0.1) is 10.2 Å². The third-order valence-corrected chi connectivity index (χ3v) is 4.95. The van der Waals surface area contributed by atoms with Gasteiger partial charge in [0.2, 0.25) is 22.0 Å². The summed E-state index contributed by atoms with van der Waals surface area (Å²) in [4.78, 5) is 25.8. The topological polar surface area (TPSA) is 75.2 Å². The van der Waals surface area contributed by atoms with Gasteiger partial charge < -0.3 is 10.2 Å². The van der Waals surface area contributed by atoms with Crippen molar-refractivity contribution in [2.75, 3.05) is 18.4 Å². The average molecular weight is 402 g/mol. The Morgan fingerprint density at radius 1 is 1.26 bits per heavy atom. The number of anilines is 1. The highest BCUT2D eigenvalue weighted by Crippen LogP contribution is 2.33. The quantitative estimate of drug-likeness (QED) is 0.781. The van der Waals surface area contributed by atoms with Crippen molar-refractivity contribution in [3.05, 3.63) is 40.7 Å². The van der Waals surface area contributed by atoms with Gasteiger partial charge in [0.1, 0.15) is 5.82 Å². The molecule has 1 atom stereocenters. The van der Waals surface area contributed by atoms with E-state index in [1.165, 1.54) is 17.0 Å². The Hall–Kier alpha value is -2.56. The van der Waals surface area contributed by atoms with E-state index in [1.54, 1.807) is 12.1 Å². The molecule has 0 bridgehead atoms. The minimum atomic E-state index is -4.62. The van der Waals surface area contributed by atoms with Gasteiger partial charge in [0.15, 0.2) is 0 Å². The largest absolute Gasteiger partial charge is 0.445 e. The minimum Gasteiger partial charge on any atom is -0.342 e. The van der Waals surface area contributed by atoms with Crippen LogP contribution in [0.2, 0.25) is 0 Å². The van der Waals surface area contributed by atoms with Gasteiger partial charge in [0.05, 0.1) is 5.92 Å². The number of nitrogens with zero attached hydrogens (tertiary/aromatic N) is 3. The van der Waals surface area contributed by atoms with Crippen LogP contribution in [-0.2, 0) is 22.2 Å². The maximum absolute atomic E-state index is 12.9. The normalized spacial score (nSPS) is 17.4. The molecule has 1 aliphatic rings. The number of aromatic nitrogens is 2. The molecule has 27 heavy (non-hydrogen) atoms. The molecule has 0 saturated carbocycles. The van der Waals surface area contributed by atoms with Crippen LogP contribution in [0.1, 0.15) is 17.0 Å². The number of alkyl halides is 3. The molecule has 2 aromatic rings. The maximum atomic E-state index is 12.9. The van der Waals surface area contributed by atoms with Gasteiger partial charge in [-0.2, -0.15) is 13.2 Å². The first-order valence-corrected chi connectivity index (χ1v) is 8.78. The summed E-state index contributed by atoms with van der Waals surface area (Å²) in [5, 5.41) is 7.17. The molecule has 144 valence electrons. The van der Waals surface area contributed by atoms with E-state index >= 15 is 0 Å². The molecule has 0 aliphatic carbocycles. The highest BCUT2D eigenvalue weighted by Gasteiger charge is 2.37. The lowest BCUT2D eigenvalue weighted by Crippen LogP contribution is -2.30. The average Bonchev–Trinajstić information content (AvgIpc) is 3.21. The number of amides is 2. The Morgan fingerprint density at radius 3 is 2.59 bits per heavy atom. The second-order valence-corrected chi connectivity index (χ2v) is 6.99. The van der Waals surface area contributed by atoms with Crippen molar-refractivity contribution in [3.63, 3.8) is 0 Å². The fourth-order valence-corrected chi connectivity index (χ4v) is 3.29. The molecule has 2 heterocycles. The third kappa shape index (κ3) is 4.79. The number of halogens is 4. The van der Waals surface area contributed by atoms with E-state index in [0.717, 1.165) is 5.56 Å². The number of nitrogens with one attached hydrogen (secondary N) is 1. The highest BCUT2D eigenvalue weighted by atomic mass is 32.1. The van der Waals surface area contributed by atoms with Crippen molar-refractivity contribution in [2.24, 2.45) is 5.92 Å². The van der Waals surface area contributed by atoms with Crippen LogP contribution >= 0.6 is 11.3 Å². The highest BCUT2D eigenvalue weighted by molar-refractivity contribution is 7.15. The van der Waals surface area contributed by atoms with E-state index < -0.39 is 23.0 Å². The summed E-state index contributed by atoms with van der Waals surface area (Å²) in [6, 6.07) is 5.89. The number of likely N-dealkylation sites (tertiary alicyclic amines) is 1. The van der Waals surface area contributed by atoms with Gasteiger partial charge in [-0.1, -0.05) is 23.5 Å². The van der Waals surface area contributed by atoms with Crippen molar-refractivity contribution in [3.8, 4) is 0 Å². The van der Waals surface area contributed by atoms with Gasteiger partial charge in [-0.05, 0) is 24.1 Å². The van der Waals surface area contributed by atoms with Gasteiger partial charge in [-0.25, -0.2) is 4.39 Å². The molecule has 3 rings (SSSR count). The van der Waals surface area contributed by atoms with E-state index in [-0.39, 0.29) is 41.2 Å². The summed E-state index contributed by atoms with van der Waals surface area (Å²) in [7, 11) is 0. The predicted molar refractivity (Wildman–Crippen MR) is 88.3 cm³/mol. The van der Waals surface area contributed by atoms with Gasteiger partial charge in [-0.3, -0.25) is 9.59 Å². The molecule has 1 aliphatic heterocycles. The number of rotatable bonds is 5. The lowest BCUT2D eigenvalue weighted by Gasteiger charge is -2.16. The van der Waals surface area contributed by atoms with Crippen LogP contribution in [0.15, 0.2) is 24.3 Å². The Morgan fingerprint density at radius 2 is 1.96 bits per heavy atom. The summed E-state index contributed by atoms with van der Waals surface area (Å²) >= 11 is 0.229. The zero-order valence-electron chi connectivity index (χ0n) is 13.8. The van der Waals surface area contributed by atoms with Crippen molar-refractivity contribution < 1.29 is 27.2 Å². The number of carbonyl (C=O) groups excluding carboxylic acids is 2. The molecule has 0 spiro atoms. The van der Waals surface area contributed by atoms with Crippen LogP contribution in [0.5, 0.6) is 0 Å². The van der Waals surface area contributed by atoms with Crippen molar-refractivity contribution in [2.45, 2.75) is 19.0 Å². The van der Waals surface area contributed by atoms with E-state index in [1.807, 2.05) is 0 Å². The van der Waals surface area contributed by atoms with E-state index in [9.17, 15) is 27.2 Å². The van der Waals surface area contributed by atoms with E-state index in [2.05, 4.69) is 15.5 Å². The number of carbonyl (C=O) groups is 2. The Bertz CT molecular complexity index is 838. The first-order valence-electron chi connectivity index (χ1n) is 7.96. The first-order chi connectivity index (χ1) is 12.7. The van der Waals surface area contributed by atoms with E-state index in [4.69, 9.17) is 0 Å². The third-order valence-electron chi connectivity index (χ3n) is 4.07. The standard InChI is InChI=1S/C16H14F4N4O2S/c17-11-3-1-9(2-4-11)5-6-24-8-10(7-12(24)25)13(26)21-15-23-22-14(27-15)16(18,19)20/h1-4,10H,5-8H2,(H,21,23,26)/t10-/m0/s1. The summed E-state index contributed by atoms with van der Waals surface area (Å²) in [5.74, 6) is -1.81. The monoisotopic (exact) mass is 402 g/mol. The summed E-state index contributed by atoms with van der Waals surface area (Å²) in [6.07, 6.45) is -4.15. The molecule has 1 saturated heterocycles. The Balaban J connectivity index is 1.54. The molecule has 0 unspecified atom stereocenters. The summed E-state index contributed by atoms with van der Waals surface area (Å²) in [5.41, 5.74) is 0.852. The molecule has 6 nitrogen and oxygen atoms in total. The Kier molecular flexibility index (Phi) is 5.40. The lowest BCUT2D eigenvalue weighted by atomic mass is 10.1. The van der Waals surface area contributed by atoms with Crippen LogP contribution in [0.25, 0.3) is 0 Å². The fraction of sp³-hybridized carbons (Fsp3) is 0.375.